The minimum atomic E-state index is -0.755. The Balaban J connectivity index is 1.85. The number of esters is 1. The molecule has 0 bridgehead atoms. The first kappa shape index (κ1) is 16.6. The maximum absolute atomic E-state index is 11.7. The molecule has 4 nitrogen and oxygen atoms in total. The van der Waals surface area contributed by atoms with Crippen LogP contribution in [0.25, 0.3) is 0 Å². The monoisotopic (exact) mass is 329 g/mol. The summed E-state index contributed by atoms with van der Waals surface area (Å²) in [6.45, 7) is 2.22. The maximum Gasteiger partial charge on any atom is 0.308 e. The van der Waals surface area contributed by atoms with Crippen molar-refractivity contribution in [2.75, 3.05) is 12.4 Å². The molecule has 0 aromatic carbocycles. The first-order chi connectivity index (χ1) is 10.0. The third-order valence-electron chi connectivity index (χ3n) is 3.74. The molecule has 6 heteroatoms. The lowest BCUT2D eigenvalue weighted by Crippen LogP contribution is -2.38. The number of pyridine rings is 1. The van der Waals surface area contributed by atoms with Crippen LogP contribution in [0.1, 0.15) is 32.6 Å². The third kappa shape index (κ3) is 4.59. The molecule has 0 amide bonds. The molecule has 0 radical (unpaired) electrons. The van der Waals surface area contributed by atoms with Gasteiger partial charge in [-0.15, -0.1) is 11.8 Å². The lowest BCUT2D eigenvalue weighted by molar-refractivity contribution is -0.150. The summed E-state index contributed by atoms with van der Waals surface area (Å²) in [5.74, 6) is 0.327. The zero-order chi connectivity index (χ0) is 15.3. The fourth-order valence-electron chi connectivity index (χ4n) is 2.48. The molecule has 0 saturated heterocycles. The lowest BCUT2D eigenvalue weighted by atomic mass is 9.80. The minimum absolute atomic E-state index is 0.0753. The Hall–Kier alpha value is -0.780. The number of hydrogen-bond acceptors (Lipinski definition) is 5. The SMILES string of the molecule is CCOC(=O)C1CCC(O)(CSc2ncccc2Cl)CC1. The van der Waals surface area contributed by atoms with E-state index in [1.165, 1.54) is 11.8 Å². The van der Waals surface area contributed by atoms with Crippen LogP contribution >= 0.6 is 23.4 Å². The van der Waals surface area contributed by atoms with E-state index in [2.05, 4.69) is 4.98 Å². The van der Waals surface area contributed by atoms with Crippen molar-refractivity contribution in [3.05, 3.63) is 23.4 Å². The van der Waals surface area contributed by atoms with Gasteiger partial charge >= 0.3 is 5.97 Å². The second-order valence-corrected chi connectivity index (χ2v) is 6.70. The number of hydrogen-bond donors (Lipinski definition) is 1. The van der Waals surface area contributed by atoms with Crippen molar-refractivity contribution < 1.29 is 14.6 Å². The Morgan fingerprint density at radius 1 is 1.57 bits per heavy atom. The highest BCUT2D eigenvalue weighted by Crippen LogP contribution is 2.37. The van der Waals surface area contributed by atoms with Crippen molar-refractivity contribution in [1.29, 1.82) is 0 Å². The van der Waals surface area contributed by atoms with Gasteiger partial charge in [0.05, 0.1) is 23.1 Å². The van der Waals surface area contributed by atoms with Crippen molar-refractivity contribution in [1.82, 2.24) is 4.98 Å². The summed E-state index contributed by atoms with van der Waals surface area (Å²) in [5, 5.41) is 11.9. The molecule has 1 aliphatic rings. The summed E-state index contributed by atoms with van der Waals surface area (Å²) in [4.78, 5) is 15.9. The Labute approximate surface area is 134 Å². The van der Waals surface area contributed by atoms with Crippen LogP contribution in [0, 0.1) is 5.92 Å². The zero-order valence-corrected chi connectivity index (χ0v) is 13.6. The fourth-order valence-corrected chi connectivity index (χ4v) is 3.80. The summed E-state index contributed by atoms with van der Waals surface area (Å²) in [6.07, 6.45) is 4.25. The number of aromatic nitrogens is 1. The highest BCUT2D eigenvalue weighted by Gasteiger charge is 2.36. The molecule has 0 spiro atoms. The number of ether oxygens (including phenoxy) is 1. The van der Waals surface area contributed by atoms with Gasteiger partial charge in [0.2, 0.25) is 0 Å². The van der Waals surface area contributed by atoms with Crippen molar-refractivity contribution in [2.24, 2.45) is 5.92 Å². The van der Waals surface area contributed by atoms with Crippen LogP contribution in [0.3, 0.4) is 0 Å². The topological polar surface area (TPSA) is 59.4 Å². The highest BCUT2D eigenvalue weighted by molar-refractivity contribution is 7.99. The van der Waals surface area contributed by atoms with E-state index >= 15 is 0 Å². The number of nitrogens with zero attached hydrogens (tertiary/aromatic N) is 1. The van der Waals surface area contributed by atoms with E-state index in [0.29, 0.717) is 43.1 Å². The molecule has 1 aliphatic carbocycles. The van der Waals surface area contributed by atoms with Gasteiger partial charge < -0.3 is 9.84 Å². The van der Waals surface area contributed by atoms with Gasteiger partial charge in [-0.05, 0) is 44.7 Å². The number of rotatable bonds is 5. The molecule has 2 rings (SSSR count). The normalized spacial score (nSPS) is 25.6. The van der Waals surface area contributed by atoms with Crippen molar-refractivity contribution in [2.45, 2.75) is 43.2 Å². The van der Waals surface area contributed by atoms with Crippen molar-refractivity contribution >= 4 is 29.3 Å². The first-order valence-electron chi connectivity index (χ1n) is 7.16. The molecule has 1 aromatic rings. The molecule has 1 fully saturated rings. The Kier molecular flexibility index (Phi) is 5.90. The number of halogens is 1. The summed E-state index contributed by atoms with van der Waals surface area (Å²) >= 11 is 7.52. The molecule has 1 saturated carbocycles. The van der Waals surface area contributed by atoms with Crippen LogP contribution in [-0.4, -0.2) is 34.0 Å². The molecule has 1 heterocycles. The Bertz CT molecular complexity index is 490. The van der Waals surface area contributed by atoms with E-state index < -0.39 is 5.60 Å². The standard InChI is InChI=1S/C15H20ClNO3S/c1-2-20-14(18)11-5-7-15(19,8-6-11)10-21-13-12(16)4-3-9-17-13/h3-4,9,11,19H,2,5-8,10H2,1H3. The maximum atomic E-state index is 11.7. The molecule has 0 unspecified atom stereocenters. The molecule has 0 atom stereocenters. The first-order valence-corrected chi connectivity index (χ1v) is 8.53. The predicted octanol–water partition coefficient (Wildman–Crippen LogP) is 3.31. The van der Waals surface area contributed by atoms with Gasteiger partial charge in [0, 0.05) is 11.9 Å². The second-order valence-electron chi connectivity index (χ2n) is 5.33. The summed E-state index contributed by atoms with van der Waals surface area (Å²) < 4.78 is 5.04. The highest BCUT2D eigenvalue weighted by atomic mass is 35.5. The molecule has 1 N–H and O–H groups in total. The average molecular weight is 330 g/mol. The Morgan fingerprint density at radius 3 is 2.90 bits per heavy atom. The molecule has 116 valence electrons. The number of carbonyl (C=O) groups is 1. The predicted molar refractivity (Wildman–Crippen MR) is 83.5 cm³/mol. The molecule has 0 aliphatic heterocycles. The molecule has 1 aromatic heterocycles. The Morgan fingerprint density at radius 2 is 2.29 bits per heavy atom. The van der Waals surface area contributed by atoms with Gasteiger partial charge in [0.25, 0.3) is 0 Å². The van der Waals surface area contributed by atoms with E-state index in [9.17, 15) is 9.90 Å². The van der Waals surface area contributed by atoms with Crippen LogP contribution < -0.4 is 0 Å². The van der Waals surface area contributed by atoms with Gasteiger partial charge in [0.1, 0.15) is 5.03 Å². The quantitative estimate of drug-likeness (QED) is 0.663. The second kappa shape index (κ2) is 7.47. The van der Waals surface area contributed by atoms with E-state index in [4.69, 9.17) is 16.3 Å². The van der Waals surface area contributed by atoms with Crippen LogP contribution in [0.4, 0.5) is 0 Å². The van der Waals surface area contributed by atoms with Gasteiger partial charge in [-0.1, -0.05) is 11.6 Å². The average Bonchev–Trinajstić information content (AvgIpc) is 2.47. The lowest BCUT2D eigenvalue weighted by Gasteiger charge is -2.34. The van der Waals surface area contributed by atoms with E-state index in [0.717, 1.165) is 5.03 Å². The zero-order valence-electron chi connectivity index (χ0n) is 12.0. The van der Waals surface area contributed by atoms with Crippen LogP contribution in [0.15, 0.2) is 23.4 Å². The van der Waals surface area contributed by atoms with Gasteiger partial charge in [-0.2, -0.15) is 0 Å². The third-order valence-corrected chi connectivity index (χ3v) is 5.44. The van der Waals surface area contributed by atoms with E-state index in [-0.39, 0.29) is 11.9 Å². The number of thioether (sulfide) groups is 1. The van der Waals surface area contributed by atoms with Gasteiger partial charge in [-0.3, -0.25) is 4.79 Å². The number of carbonyl (C=O) groups excluding carboxylic acids is 1. The smallest absolute Gasteiger partial charge is 0.308 e. The summed E-state index contributed by atoms with van der Waals surface area (Å²) in [6, 6.07) is 3.57. The minimum Gasteiger partial charge on any atom is -0.466 e. The summed E-state index contributed by atoms with van der Waals surface area (Å²) in [7, 11) is 0. The van der Waals surface area contributed by atoms with Gasteiger partial charge in [-0.25, -0.2) is 4.98 Å². The van der Waals surface area contributed by atoms with Crippen LogP contribution in [0.5, 0.6) is 0 Å². The van der Waals surface area contributed by atoms with Crippen LogP contribution in [0.2, 0.25) is 5.02 Å². The largest absolute Gasteiger partial charge is 0.466 e. The summed E-state index contributed by atoms with van der Waals surface area (Å²) in [5.41, 5.74) is -0.755. The molecular weight excluding hydrogens is 310 g/mol. The van der Waals surface area contributed by atoms with E-state index in [1.54, 1.807) is 18.3 Å². The molecule has 21 heavy (non-hydrogen) atoms. The fraction of sp³-hybridized carbons (Fsp3) is 0.600. The van der Waals surface area contributed by atoms with Gasteiger partial charge in [0.15, 0.2) is 0 Å². The number of aliphatic hydroxyl groups is 1. The molecular formula is C15H20ClNO3S. The van der Waals surface area contributed by atoms with Crippen molar-refractivity contribution in [3.8, 4) is 0 Å². The van der Waals surface area contributed by atoms with Crippen LogP contribution in [-0.2, 0) is 9.53 Å². The van der Waals surface area contributed by atoms with Crippen molar-refractivity contribution in [3.63, 3.8) is 0 Å². The van der Waals surface area contributed by atoms with E-state index in [1.807, 2.05) is 6.92 Å².